The Hall–Kier alpha value is -3.09. The molecule has 38 heavy (non-hydrogen) atoms. The zero-order valence-electron chi connectivity index (χ0n) is 23.3. The average Bonchev–Trinajstić information content (AvgIpc) is 3.21. The van der Waals surface area contributed by atoms with Gasteiger partial charge in [0, 0.05) is 19.5 Å². The van der Waals surface area contributed by atoms with Crippen molar-refractivity contribution in [1.29, 1.82) is 0 Å². The van der Waals surface area contributed by atoms with Crippen LogP contribution in [-0.4, -0.2) is 20.6 Å². The van der Waals surface area contributed by atoms with Gasteiger partial charge in [0.2, 0.25) is 0 Å². The minimum atomic E-state index is -0.0262. The van der Waals surface area contributed by atoms with Crippen LogP contribution in [0.2, 0.25) is 0 Å². The molecule has 0 aliphatic rings. The molecule has 1 heterocycles. The molecule has 5 nitrogen and oxygen atoms in total. The SMILES string of the molecule is CCn1c(CCCc2ccc(-c3cccc(CNSC)c3)cc2)nn(Cc2ccc(C(C)(C)C)cc2)c1=O. The number of aryl methyl sites for hydroxylation is 2. The maximum absolute atomic E-state index is 13.0. The van der Waals surface area contributed by atoms with Gasteiger partial charge in [-0.3, -0.25) is 9.29 Å². The number of nitrogens with zero attached hydrogens (tertiary/aromatic N) is 3. The Labute approximate surface area is 231 Å². The van der Waals surface area contributed by atoms with Crippen molar-refractivity contribution in [2.24, 2.45) is 0 Å². The Kier molecular flexibility index (Phi) is 9.29. The molecule has 0 unspecified atom stereocenters. The lowest BCUT2D eigenvalue weighted by Gasteiger charge is -2.19. The van der Waals surface area contributed by atoms with E-state index in [2.05, 4.69) is 98.3 Å². The number of hydrogen-bond acceptors (Lipinski definition) is 4. The Bertz CT molecular complexity index is 1380. The van der Waals surface area contributed by atoms with Crippen LogP contribution in [0.5, 0.6) is 0 Å². The minimum Gasteiger partial charge on any atom is -0.279 e. The van der Waals surface area contributed by atoms with Gasteiger partial charge >= 0.3 is 5.69 Å². The van der Waals surface area contributed by atoms with E-state index in [-0.39, 0.29) is 11.1 Å². The van der Waals surface area contributed by atoms with Crippen LogP contribution >= 0.6 is 11.9 Å². The first-order valence-electron chi connectivity index (χ1n) is 13.5. The normalized spacial score (nSPS) is 11.7. The Balaban J connectivity index is 1.37. The summed E-state index contributed by atoms with van der Waals surface area (Å²) >= 11 is 1.64. The van der Waals surface area contributed by atoms with Crippen molar-refractivity contribution in [2.45, 2.75) is 72.0 Å². The van der Waals surface area contributed by atoms with E-state index in [1.165, 1.54) is 27.8 Å². The second-order valence-electron chi connectivity index (χ2n) is 10.8. The molecule has 0 spiro atoms. The molecule has 0 aliphatic carbocycles. The number of hydrogen-bond donors (Lipinski definition) is 1. The summed E-state index contributed by atoms with van der Waals surface area (Å²) < 4.78 is 6.73. The van der Waals surface area contributed by atoms with Crippen molar-refractivity contribution in [1.82, 2.24) is 19.1 Å². The van der Waals surface area contributed by atoms with E-state index >= 15 is 0 Å². The van der Waals surface area contributed by atoms with E-state index in [9.17, 15) is 4.79 Å². The van der Waals surface area contributed by atoms with Crippen molar-refractivity contribution in [3.05, 3.63) is 111 Å². The van der Waals surface area contributed by atoms with Gasteiger partial charge < -0.3 is 0 Å². The smallest absolute Gasteiger partial charge is 0.279 e. The lowest BCUT2D eigenvalue weighted by molar-refractivity contribution is 0.588. The van der Waals surface area contributed by atoms with Crippen molar-refractivity contribution in [3.8, 4) is 11.1 Å². The second-order valence-corrected chi connectivity index (χ2v) is 11.5. The van der Waals surface area contributed by atoms with E-state index < -0.39 is 0 Å². The van der Waals surface area contributed by atoms with Crippen LogP contribution in [0.25, 0.3) is 11.1 Å². The second kappa shape index (κ2) is 12.6. The van der Waals surface area contributed by atoms with E-state index in [1.807, 2.05) is 17.7 Å². The molecule has 200 valence electrons. The molecule has 4 rings (SSSR count). The van der Waals surface area contributed by atoms with Crippen LogP contribution in [0, 0.1) is 0 Å². The maximum atomic E-state index is 13.0. The average molecular weight is 529 g/mol. The Morgan fingerprint density at radius 1 is 0.868 bits per heavy atom. The van der Waals surface area contributed by atoms with E-state index in [4.69, 9.17) is 5.10 Å². The molecule has 1 N–H and O–H groups in total. The highest BCUT2D eigenvalue weighted by atomic mass is 32.2. The summed E-state index contributed by atoms with van der Waals surface area (Å²) in [6, 6.07) is 26.1. The molecule has 0 saturated carbocycles. The molecule has 3 aromatic carbocycles. The van der Waals surface area contributed by atoms with Gasteiger partial charge in [-0.2, -0.15) is 5.10 Å². The largest absolute Gasteiger partial charge is 0.346 e. The Morgan fingerprint density at radius 2 is 1.58 bits per heavy atom. The van der Waals surface area contributed by atoms with Gasteiger partial charge in [-0.1, -0.05) is 99.4 Å². The van der Waals surface area contributed by atoms with Gasteiger partial charge in [0.15, 0.2) is 0 Å². The highest BCUT2D eigenvalue weighted by molar-refractivity contribution is 7.96. The lowest BCUT2D eigenvalue weighted by Crippen LogP contribution is -2.25. The molecular weight excluding hydrogens is 488 g/mol. The topological polar surface area (TPSA) is 51.9 Å². The van der Waals surface area contributed by atoms with Gasteiger partial charge in [-0.05, 0) is 70.9 Å². The zero-order chi connectivity index (χ0) is 27.1. The molecule has 1 aromatic heterocycles. The van der Waals surface area contributed by atoms with Crippen LogP contribution < -0.4 is 10.4 Å². The fourth-order valence-electron chi connectivity index (χ4n) is 4.71. The first-order chi connectivity index (χ1) is 18.3. The van der Waals surface area contributed by atoms with Gasteiger partial charge in [0.25, 0.3) is 0 Å². The third-order valence-electron chi connectivity index (χ3n) is 6.97. The molecule has 0 saturated heterocycles. The maximum Gasteiger partial charge on any atom is 0.346 e. The number of aromatic nitrogens is 3. The number of benzene rings is 3. The van der Waals surface area contributed by atoms with Crippen molar-refractivity contribution < 1.29 is 0 Å². The van der Waals surface area contributed by atoms with E-state index in [1.54, 1.807) is 16.6 Å². The summed E-state index contributed by atoms with van der Waals surface area (Å²) in [5.41, 5.74) is 7.53. The van der Waals surface area contributed by atoms with E-state index in [0.717, 1.165) is 37.2 Å². The van der Waals surface area contributed by atoms with Crippen molar-refractivity contribution in [2.75, 3.05) is 6.26 Å². The molecular formula is C32H40N4OS. The quantitative estimate of drug-likeness (QED) is 0.222. The highest BCUT2D eigenvalue weighted by Gasteiger charge is 2.15. The standard InChI is InChI=1S/C32H40N4OS/c1-6-35-30(34-36(31(35)37)23-25-15-19-29(20-16-25)32(2,3)4)12-8-9-24-13-17-27(18-14-24)28-11-7-10-26(21-28)22-33-38-5/h7,10-11,13-21,33H,6,8-9,12,22-23H2,1-5H3. The number of nitrogens with one attached hydrogen (secondary N) is 1. The summed E-state index contributed by atoms with van der Waals surface area (Å²) in [7, 11) is 0. The van der Waals surface area contributed by atoms with Gasteiger partial charge in [0.1, 0.15) is 5.82 Å². The monoisotopic (exact) mass is 528 g/mol. The van der Waals surface area contributed by atoms with E-state index in [0.29, 0.717) is 13.1 Å². The highest BCUT2D eigenvalue weighted by Crippen LogP contribution is 2.23. The number of rotatable bonds is 11. The molecule has 0 fully saturated rings. The van der Waals surface area contributed by atoms with Crippen LogP contribution in [-0.2, 0) is 37.9 Å². The van der Waals surface area contributed by atoms with Crippen LogP contribution in [0.15, 0.2) is 77.6 Å². The molecule has 0 aliphatic heterocycles. The summed E-state index contributed by atoms with van der Waals surface area (Å²) in [6.45, 7) is 10.6. The molecule has 0 bridgehead atoms. The Morgan fingerprint density at radius 3 is 2.24 bits per heavy atom. The first-order valence-corrected chi connectivity index (χ1v) is 14.7. The first kappa shape index (κ1) is 27.9. The minimum absolute atomic E-state index is 0.0262. The molecule has 0 radical (unpaired) electrons. The van der Waals surface area contributed by atoms with Crippen molar-refractivity contribution >= 4 is 11.9 Å². The zero-order valence-corrected chi connectivity index (χ0v) is 24.1. The molecule has 0 atom stereocenters. The van der Waals surface area contributed by atoms with Gasteiger partial charge in [-0.25, -0.2) is 9.48 Å². The summed E-state index contributed by atoms with van der Waals surface area (Å²) in [5.74, 6) is 0.871. The summed E-state index contributed by atoms with van der Waals surface area (Å²) in [4.78, 5) is 13.0. The third kappa shape index (κ3) is 7.06. The predicted octanol–water partition coefficient (Wildman–Crippen LogP) is 6.62. The fourth-order valence-corrected chi connectivity index (χ4v) is 5.02. The fraction of sp³-hybridized carbons (Fsp3) is 0.375. The predicted molar refractivity (Wildman–Crippen MR) is 161 cm³/mol. The summed E-state index contributed by atoms with van der Waals surface area (Å²) in [6.07, 6.45) is 4.73. The van der Waals surface area contributed by atoms with Crippen LogP contribution in [0.1, 0.15) is 62.2 Å². The molecule has 4 aromatic rings. The van der Waals surface area contributed by atoms with Gasteiger partial charge in [0.05, 0.1) is 6.54 Å². The van der Waals surface area contributed by atoms with Crippen LogP contribution in [0.3, 0.4) is 0 Å². The molecule has 0 amide bonds. The van der Waals surface area contributed by atoms with Gasteiger partial charge in [-0.15, -0.1) is 0 Å². The summed E-state index contributed by atoms with van der Waals surface area (Å²) in [5, 5.41) is 4.72. The lowest BCUT2D eigenvalue weighted by atomic mass is 9.87. The van der Waals surface area contributed by atoms with Crippen LogP contribution in [0.4, 0.5) is 0 Å². The molecule has 6 heteroatoms. The van der Waals surface area contributed by atoms with Crippen molar-refractivity contribution in [3.63, 3.8) is 0 Å². The third-order valence-corrected chi connectivity index (χ3v) is 7.40.